The molecular formula is C14H24N6S. The minimum absolute atomic E-state index is 0.305. The van der Waals surface area contributed by atoms with Gasteiger partial charge in [0.05, 0.1) is 0 Å². The number of rotatable bonds is 5. The lowest BCUT2D eigenvalue weighted by molar-refractivity contribution is 0.379. The van der Waals surface area contributed by atoms with Gasteiger partial charge in [-0.15, -0.1) is 0 Å². The standard InChI is InChI=1S/C14H24N6S/c1-21-14(6-5-7-14)10-16-12-17-11(15)18-13(19-12)20-8-3-2-4-9-20/h2-10H2,1H3,(H3,15,16,17,18,19). The summed E-state index contributed by atoms with van der Waals surface area (Å²) in [6, 6.07) is 0. The van der Waals surface area contributed by atoms with Gasteiger partial charge in [-0.3, -0.25) is 0 Å². The zero-order valence-electron chi connectivity index (χ0n) is 12.6. The van der Waals surface area contributed by atoms with Gasteiger partial charge in [-0.2, -0.15) is 26.7 Å². The molecule has 1 aromatic heterocycles. The molecule has 0 radical (unpaired) electrons. The summed E-state index contributed by atoms with van der Waals surface area (Å²) >= 11 is 1.94. The first-order valence-corrected chi connectivity index (χ1v) is 8.99. The number of nitrogens with one attached hydrogen (secondary N) is 1. The molecule has 3 rings (SSSR count). The third kappa shape index (κ3) is 3.33. The molecule has 1 saturated carbocycles. The molecule has 1 aliphatic carbocycles. The summed E-state index contributed by atoms with van der Waals surface area (Å²) in [5, 5.41) is 3.37. The maximum Gasteiger partial charge on any atom is 0.231 e. The largest absolute Gasteiger partial charge is 0.368 e. The van der Waals surface area contributed by atoms with E-state index in [9.17, 15) is 0 Å². The van der Waals surface area contributed by atoms with E-state index in [4.69, 9.17) is 5.73 Å². The van der Waals surface area contributed by atoms with Crippen LogP contribution in [0.1, 0.15) is 38.5 Å². The van der Waals surface area contributed by atoms with Gasteiger partial charge in [0.25, 0.3) is 0 Å². The van der Waals surface area contributed by atoms with Crippen LogP contribution < -0.4 is 16.0 Å². The number of hydrogen-bond donors (Lipinski definition) is 2. The first-order chi connectivity index (χ1) is 10.2. The summed E-state index contributed by atoms with van der Waals surface area (Å²) in [7, 11) is 0. The fraction of sp³-hybridized carbons (Fsp3) is 0.786. The third-order valence-corrected chi connectivity index (χ3v) is 5.96. The van der Waals surface area contributed by atoms with Crippen LogP contribution in [0.4, 0.5) is 17.8 Å². The fourth-order valence-electron chi connectivity index (χ4n) is 2.96. The van der Waals surface area contributed by atoms with Crippen molar-refractivity contribution in [3.63, 3.8) is 0 Å². The summed E-state index contributed by atoms with van der Waals surface area (Å²) in [4.78, 5) is 15.3. The van der Waals surface area contributed by atoms with Crippen LogP contribution in [0.25, 0.3) is 0 Å². The molecule has 2 fully saturated rings. The van der Waals surface area contributed by atoms with Gasteiger partial charge < -0.3 is 16.0 Å². The minimum Gasteiger partial charge on any atom is -0.368 e. The Morgan fingerprint density at radius 3 is 2.52 bits per heavy atom. The molecule has 0 aromatic carbocycles. The molecule has 0 amide bonds. The number of nitrogen functional groups attached to an aromatic ring is 1. The van der Waals surface area contributed by atoms with Crippen molar-refractivity contribution in [2.24, 2.45) is 0 Å². The van der Waals surface area contributed by atoms with E-state index in [0.29, 0.717) is 16.6 Å². The van der Waals surface area contributed by atoms with Crippen molar-refractivity contribution in [3.05, 3.63) is 0 Å². The quantitative estimate of drug-likeness (QED) is 0.862. The lowest BCUT2D eigenvalue weighted by Gasteiger charge is -2.40. The van der Waals surface area contributed by atoms with Crippen molar-refractivity contribution < 1.29 is 0 Å². The number of aromatic nitrogens is 3. The summed E-state index contributed by atoms with van der Waals surface area (Å²) in [6.45, 7) is 2.92. The van der Waals surface area contributed by atoms with Gasteiger partial charge in [0, 0.05) is 24.4 Å². The highest BCUT2D eigenvalue weighted by Gasteiger charge is 2.36. The molecule has 0 spiro atoms. The Kier molecular flexibility index (Phi) is 4.37. The number of nitrogens with two attached hydrogens (primary N) is 1. The molecule has 3 N–H and O–H groups in total. The first kappa shape index (κ1) is 14.7. The highest BCUT2D eigenvalue weighted by molar-refractivity contribution is 8.00. The van der Waals surface area contributed by atoms with Gasteiger partial charge in [0.1, 0.15) is 0 Å². The number of thioether (sulfide) groups is 1. The zero-order valence-corrected chi connectivity index (χ0v) is 13.5. The Labute approximate surface area is 130 Å². The Hall–Kier alpha value is -1.24. The topological polar surface area (TPSA) is 80.0 Å². The summed E-state index contributed by atoms with van der Waals surface area (Å²) in [5.74, 6) is 1.64. The summed E-state index contributed by atoms with van der Waals surface area (Å²) < 4.78 is 0.354. The van der Waals surface area contributed by atoms with Crippen LogP contribution in [0.3, 0.4) is 0 Å². The molecule has 0 atom stereocenters. The number of hydrogen-bond acceptors (Lipinski definition) is 7. The average molecular weight is 308 g/mol. The molecular weight excluding hydrogens is 284 g/mol. The fourth-order valence-corrected chi connectivity index (χ4v) is 3.87. The number of anilines is 3. The zero-order chi connectivity index (χ0) is 14.7. The van der Waals surface area contributed by atoms with E-state index in [1.54, 1.807) is 0 Å². The molecule has 2 heterocycles. The third-order valence-electron chi connectivity index (χ3n) is 4.55. The van der Waals surface area contributed by atoms with E-state index >= 15 is 0 Å². The van der Waals surface area contributed by atoms with Crippen molar-refractivity contribution in [1.82, 2.24) is 15.0 Å². The van der Waals surface area contributed by atoms with E-state index in [1.807, 2.05) is 11.8 Å². The molecule has 0 bridgehead atoms. The predicted molar refractivity (Wildman–Crippen MR) is 88.9 cm³/mol. The minimum atomic E-state index is 0.305. The van der Waals surface area contributed by atoms with Crippen LogP contribution in [0, 0.1) is 0 Å². The van der Waals surface area contributed by atoms with E-state index in [1.165, 1.54) is 38.5 Å². The number of nitrogens with zero attached hydrogens (tertiary/aromatic N) is 4. The highest BCUT2D eigenvalue weighted by Crippen LogP contribution is 2.42. The molecule has 6 nitrogen and oxygen atoms in total. The maximum atomic E-state index is 5.85. The second-order valence-electron chi connectivity index (χ2n) is 5.96. The van der Waals surface area contributed by atoms with Crippen LogP contribution in [0.5, 0.6) is 0 Å². The van der Waals surface area contributed by atoms with Gasteiger partial charge in [-0.05, 0) is 38.4 Å². The van der Waals surface area contributed by atoms with Crippen molar-refractivity contribution in [2.75, 3.05) is 41.8 Å². The van der Waals surface area contributed by atoms with E-state index in [0.717, 1.165) is 25.6 Å². The molecule has 21 heavy (non-hydrogen) atoms. The smallest absolute Gasteiger partial charge is 0.231 e. The second kappa shape index (κ2) is 6.25. The molecule has 1 saturated heterocycles. The second-order valence-corrected chi connectivity index (χ2v) is 7.23. The predicted octanol–water partition coefficient (Wildman–Crippen LogP) is 2.14. The molecule has 0 unspecified atom stereocenters. The maximum absolute atomic E-state index is 5.85. The summed E-state index contributed by atoms with van der Waals surface area (Å²) in [6.07, 6.45) is 9.72. The van der Waals surface area contributed by atoms with Gasteiger partial charge in [-0.25, -0.2) is 0 Å². The van der Waals surface area contributed by atoms with Crippen molar-refractivity contribution in [3.8, 4) is 0 Å². The normalized spacial score (nSPS) is 20.9. The Balaban J connectivity index is 1.68. The molecule has 1 aliphatic heterocycles. The SMILES string of the molecule is CSC1(CNc2nc(N)nc(N3CCCCC3)n2)CCC1. The van der Waals surface area contributed by atoms with Crippen LogP contribution >= 0.6 is 11.8 Å². The first-order valence-electron chi connectivity index (χ1n) is 7.76. The Morgan fingerprint density at radius 1 is 1.14 bits per heavy atom. The van der Waals surface area contributed by atoms with E-state index in [2.05, 4.69) is 31.4 Å². The van der Waals surface area contributed by atoms with Gasteiger partial charge in [-0.1, -0.05) is 6.42 Å². The Bertz CT molecular complexity index is 479. The Morgan fingerprint density at radius 2 is 1.90 bits per heavy atom. The van der Waals surface area contributed by atoms with Crippen LogP contribution in [0.15, 0.2) is 0 Å². The van der Waals surface area contributed by atoms with Gasteiger partial charge >= 0.3 is 0 Å². The molecule has 1 aromatic rings. The average Bonchev–Trinajstić information content (AvgIpc) is 2.47. The molecule has 116 valence electrons. The van der Waals surface area contributed by atoms with Gasteiger partial charge in [0.2, 0.25) is 17.8 Å². The van der Waals surface area contributed by atoms with Crippen molar-refractivity contribution in [2.45, 2.75) is 43.3 Å². The lowest BCUT2D eigenvalue weighted by Crippen LogP contribution is -2.40. The van der Waals surface area contributed by atoms with Crippen molar-refractivity contribution >= 4 is 29.6 Å². The van der Waals surface area contributed by atoms with E-state index < -0.39 is 0 Å². The number of piperidine rings is 1. The van der Waals surface area contributed by atoms with Crippen LogP contribution in [-0.4, -0.2) is 45.6 Å². The highest BCUT2D eigenvalue weighted by atomic mass is 32.2. The monoisotopic (exact) mass is 308 g/mol. The molecule has 7 heteroatoms. The van der Waals surface area contributed by atoms with Crippen LogP contribution in [-0.2, 0) is 0 Å². The van der Waals surface area contributed by atoms with Crippen LogP contribution in [0.2, 0.25) is 0 Å². The molecule has 2 aliphatic rings. The lowest BCUT2D eigenvalue weighted by atomic mass is 9.84. The van der Waals surface area contributed by atoms with Gasteiger partial charge in [0.15, 0.2) is 0 Å². The van der Waals surface area contributed by atoms with E-state index in [-0.39, 0.29) is 0 Å². The van der Waals surface area contributed by atoms with Crippen molar-refractivity contribution in [1.29, 1.82) is 0 Å². The summed E-state index contributed by atoms with van der Waals surface area (Å²) in [5.41, 5.74) is 5.85.